The Labute approximate surface area is 256 Å². The van der Waals surface area contributed by atoms with E-state index in [0.29, 0.717) is 54.9 Å². The summed E-state index contributed by atoms with van der Waals surface area (Å²) in [6, 6.07) is 13.0. The summed E-state index contributed by atoms with van der Waals surface area (Å²) in [5, 5.41) is 21.8. The lowest BCUT2D eigenvalue weighted by atomic mass is 10.0. The number of carbonyl (C=O) groups excluding carboxylic acids is 2. The van der Waals surface area contributed by atoms with Gasteiger partial charge in [-0.05, 0) is 61.7 Å². The second-order valence-electron chi connectivity index (χ2n) is 11.1. The highest BCUT2D eigenvalue weighted by Gasteiger charge is 2.40. The van der Waals surface area contributed by atoms with Gasteiger partial charge in [-0.15, -0.1) is 11.8 Å². The lowest BCUT2D eigenvalue weighted by Gasteiger charge is -2.35. The Morgan fingerprint density at radius 2 is 1.82 bits per heavy atom. The van der Waals surface area contributed by atoms with E-state index in [-0.39, 0.29) is 52.7 Å². The van der Waals surface area contributed by atoms with Gasteiger partial charge < -0.3 is 25.0 Å². The average molecular weight is 623 g/mol. The van der Waals surface area contributed by atoms with Gasteiger partial charge in [0.25, 0.3) is 5.91 Å². The van der Waals surface area contributed by atoms with Crippen LogP contribution in [0.2, 0.25) is 0 Å². The van der Waals surface area contributed by atoms with Crippen molar-refractivity contribution in [2.45, 2.75) is 61.3 Å². The fraction of sp³-hybridized carbons (Fsp3) is 0.344. The van der Waals surface area contributed by atoms with Crippen LogP contribution in [0.1, 0.15) is 52.7 Å². The van der Waals surface area contributed by atoms with Crippen molar-refractivity contribution in [3.8, 4) is 11.8 Å². The summed E-state index contributed by atoms with van der Waals surface area (Å²) >= 11 is 1.26. The molecule has 228 valence electrons. The Hall–Kier alpha value is -4.21. The second-order valence-corrected chi connectivity index (χ2v) is 12.4. The number of nitrogens with one attached hydrogen (secondary N) is 1. The van der Waals surface area contributed by atoms with Gasteiger partial charge in [0.15, 0.2) is 0 Å². The molecule has 0 bridgehead atoms. The van der Waals surface area contributed by atoms with Crippen molar-refractivity contribution in [1.29, 1.82) is 5.26 Å². The van der Waals surface area contributed by atoms with Crippen molar-refractivity contribution in [2.75, 3.05) is 18.0 Å². The number of halogens is 3. The number of anilines is 1. The van der Waals surface area contributed by atoms with E-state index in [1.54, 1.807) is 30.3 Å². The number of aliphatic hydroxyl groups is 1. The van der Waals surface area contributed by atoms with Crippen LogP contribution in [0.3, 0.4) is 0 Å². The highest BCUT2D eigenvalue weighted by Crippen LogP contribution is 2.37. The van der Waals surface area contributed by atoms with Crippen LogP contribution in [0.25, 0.3) is 0 Å². The van der Waals surface area contributed by atoms with E-state index in [2.05, 4.69) is 5.32 Å². The third-order valence-electron chi connectivity index (χ3n) is 8.33. The molecule has 3 aromatic rings. The Morgan fingerprint density at radius 3 is 2.55 bits per heavy atom. The molecule has 0 aliphatic carbocycles. The molecule has 0 aromatic heterocycles. The lowest BCUT2D eigenvalue weighted by Crippen LogP contribution is -2.55. The molecule has 12 heteroatoms. The quantitative estimate of drug-likeness (QED) is 0.388. The Morgan fingerprint density at radius 1 is 1.02 bits per heavy atom. The van der Waals surface area contributed by atoms with Gasteiger partial charge in [0.05, 0.1) is 29.9 Å². The first-order valence-corrected chi connectivity index (χ1v) is 15.2. The van der Waals surface area contributed by atoms with Gasteiger partial charge >= 0.3 is 0 Å². The summed E-state index contributed by atoms with van der Waals surface area (Å²) < 4.78 is 50.6. The van der Waals surface area contributed by atoms with Gasteiger partial charge in [-0.3, -0.25) is 9.59 Å². The molecule has 1 unspecified atom stereocenters. The number of hydrogen-bond acceptors (Lipinski definition) is 7. The number of carbonyl (C=O) groups is 2. The largest absolute Gasteiger partial charge is 0.488 e. The molecule has 3 aromatic carbocycles. The van der Waals surface area contributed by atoms with Gasteiger partial charge in [-0.1, -0.05) is 6.07 Å². The first kappa shape index (κ1) is 29.8. The van der Waals surface area contributed by atoms with Crippen LogP contribution in [0.15, 0.2) is 53.4 Å². The van der Waals surface area contributed by atoms with Crippen LogP contribution in [0, 0.1) is 28.8 Å². The molecule has 2 saturated heterocycles. The SMILES string of the molecule is N#Cc1ccc(N2CCC(Sc3cc(F)c(COc4cccc5c4CN([C@H]4CCC(=O)NC4O)C5=O)cc3F)CC2)c(F)c1. The maximum atomic E-state index is 15.1. The molecule has 6 rings (SSSR count). The van der Waals surface area contributed by atoms with Crippen molar-refractivity contribution in [3.05, 3.63) is 88.2 Å². The van der Waals surface area contributed by atoms with Gasteiger partial charge in [0.2, 0.25) is 5.91 Å². The Balaban J connectivity index is 1.08. The van der Waals surface area contributed by atoms with Crippen molar-refractivity contribution >= 4 is 29.3 Å². The Bertz CT molecular complexity index is 1660. The number of amides is 2. The number of aliphatic hydroxyl groups excluding tert-OH is 1. The molecule has 0 spiro atoms. The van der Waals surface area contributed by atoms with E-state index >= 15 is 8.78 Å². The smallest absolute Gasteiger partial charge is 0.255 e. The zero-order chi connectivity index (χ0) is 31.0. The molecular weight excluding hydrogens is 593 g/mol. The van der Waals surface area contributed by atoms with E-state index in [0.717, 1.165) is 6.07 Å². The molecule has 8 nitrogen and oxygen atoms in total. The van der Waals surface area contributed by atoms with Crippen molar-refractivity contribution in [1.82, 2.24) is 10.2 Å². The fourth-order valence-corrected chi connectivity index (χ4v) is 7.13. The minimum Gasteiger partial charge on any atom is -0.488 e. The van der Waals surface area contributed by atoms with Crippen LogP contribution in [0.4, 0.5) is 18.9 Å². The second kappa shape index (κ2) is 12.4. The number of piperidine rings is 2. The van der Waals surface area contributed by atoms with E-state index in [1.165, 1.54) is 28.8 Å². The standard InChI is InChI=1S/C32H29F3N4O4S/c33-23-14-29(44-20-8-10-38(11-9-20)26-5-4-18(15-36)12-24(26)34)25(35)13-19(23)17-43-28-3-1-2-21-22(28)16-39(32(21)42)27-6-7-30(40)37-31(27)41/h1-5,12-14,20,27,31,41H,6-11,16-17H2,(H,37,40)/t27-,31?/m0/s1. The molecule has 2 fully saturated rings. The highest BCUT2D eigenvalue weighted by atomic mass is 32.2. The summed E-state index contributed by atoms with van der Waals surface area (Å²) in [4.78, 5) is 28.3. The maximum Gasteiger partial charge on any atom is 0.255 e. The number of thioether (sulfide) groups is 1. The van der Waals surface area contributed by atoms with E-state index < -0.39 is 29.7 Å². The minimum atomic E-state index is -1.18. The zero-order valence-corrected chi connectivity index (χ0v) is 24.4. The third kappa shape index (κ3) is 5.94. The van der Waals surface area contributed by atoms with Crippen LogP contribution in [-0.2, 0) is 17.9 Å². The number of nitriles is 1. The predicted octanol–water partition coefficient (Wildman–Crippen LogP) is 4.87. The number of benzene rings is 3. The topological polar surface area (TPSA) is 106 Å². The summed E-state index contributed by atoms with van der Waals surface area (Å²) in [7, 11) is 0. The number of rotatable bonds is 7. The molecule has 2 N–H and O–H groups in total. The van der Waals surface area contributed by atoms with Crippen molar-refractivity contribution < 1.29 is 32.6 Å². The van der Waals surface area contributed by atoms with Crippen LogP contribution < -0.4 is 15.0 Å². The molecule has 3 heterocycles. The maximum absolute atomic E-state index is 15.1. The van der Waals surface area contributed by atoms with Crippen LogP contribution in [0.5, 0.6) is 5.75 Å². The van der Waals surface area contributed by atoms with Crippen LogP contribution in [-0.4, -0.2) is 52.4 Å². The third-order valence-corrected chi connectivity index (χ3v) is 9.70. The molecule has 0 saturated carbocycles. The van der Waals surface area contributed by atoms with Gasteiger partial charge in [0.1, 0.15) is 36.0 Å². The van der Waals surface area contributed by atoms with E-state index in [4.69, 9.17) is 10.00 Å². The summed E-state index contributed by atoms with van der Waals surface area (Å²) in [5.41, 5.74) is 1.70. The monoisotopic (exact) mass is 622 g/mol. The molecule has 3 aliphatic heterocycles. The first-order chi connectivity index (χ1) is 21.2. The fourth-order valence-electron chi connectivity index (χ4n) is 5.98. The number of ether oxygens (including phenoxy) is 1. The molecule has 2 amide bonds. The molecule has 3 aliphatic rings. The lowest BCUT2D eigenvalue weighted by molar-refractivity contribution is -0.129. The number of nitrogens with zero attached hydrogens (tertiary/aromatic N) is 3. The number of hydrogen-bond donors (Lipinski definition) is 2. The van der Waals surface area contributed by atoms with Gasteiger partial charge in [0, 0.05) is 46.3 Å². The van der Waals surface area contributed by atoms with E-state index in [9.17, 15) is 19.1 Å². The summed E-state index contributed by atoms with van der Waals surface area (Å²) in [5.74, 6) is -1.85. The highest BCUT2D eigenvalue weighted by molar-refractivity contribution is 8.00. The van der Waals surface area contributed by atoms with E-state index in [1.807, 2.05) is 11.0 Å². The summed E-state index contributed by atoms with van der Waals surface area (Å²) in [6.45, 7) is 0.998. The zero-order valence-electron chi connectivity index (χ0n) is 23.6. The average Bonchev–Trinajstić information content (AvgIpc) is 3.35. The van der Waals surface area contributed by atoms with Gasteiger partial charge in [-0.2, -0.15) is 5.26 Å². The molecule has 2 atom stereocenters. The van der Waals surface area contributed by atoms with Crippen molar-refractivity contribution in [2.24, 2.45) is 0 Å². The summed E-state index contributed by atoms with van der Waals surface area (Å²) in [6.07, 6.45) is 0.643. The van der Waals surface area contributed by atoms with Gasteiger partial charge in [-0.25, -0.2) is 13.2 Å². The first-order valence-electron chi connectivity index (χ1n) is 14.3. The minimum absolute atomic E-state index is 0.0204. The molecule has 0 radical (unpaired) electrons. The molecular formula is C32H29F3N4O4S. The number of fused-ring (bicyclic) bond motifs is 1. The van der Waals surface area contributed by atoms with Crippen molar-refractivity contribution in [3.63, 3.8) is 0 Å². The Kier molecular flexibility index (Phi) is 8.42. The predicted molar refractivity (Wildman–Crippen MR) is 156 cm³/mol. The van der Waals surface area contributed by atoms with Crippen LogP contribution >= 0.6 is 11.8 Å². The molecule has 44 heavy (non-hydrogen) atoms. The normalized spacial score (nSPS) is 20.3.